The summed E-state index contributed by atoms with van der Waals surface area (Å²) in [5.41, 5.74) is 0.291. The maximum absolute atomic E-state index is 12.1. The van der Waals surface area contributed by atoms with Crippen LogP contribution in [0.15, 0.2) is 18.2 Å². The van der Waals surface area contributed by atoms with Gasteiger partial charge < -0.3 is 10.4 Å². The minimum atomic E-state index is -1.03. The van der Waals surface area contributed by atoms with Crippen molar-refractivity contribution in [2.75, 3.05) is 4.90 Å². The van der Waals surface area contributed by atoms with Crippen molar-refractivity contribution in [1.29, 1.82) is 0 Å². The second-order valence-electron chi connectivity index (χ2n) is 4.21. The highest BCUT2D eigenvalue weighted by Gasteiger charge is 2.39. The summed E-state index contributed by atoms with van der Waals surface area (Å²) in [6.07, 6.45) is -0.163. The molecule has 0 spiro atoms. The molecule has 2 rings (SSSR count). The number of anilines is 1. The number of hydrogen-bond acceptors (Lipinski definition) is 3. The van der Waals surface area contributed by atoms with E-state index < -0.39 is 23.9 Å². The third kappa shape index (κ3) is 2.86. The molecule has 1 heterocycles. The standard InChI is InChI=1S/C12H10Cl2N2O4/c13-7-2-1-6(5-8(7)14)16-11(19)9(15-12(16)20)3-4-10(17)18/h1-2,5,9H,3-4H2,(H,15,20)(H,17,18). The van der Waals surface area contributed by atoms with Crippen LogP contribution in [-0.4, -0.2) is 29.1 Å². The van der Waals surface area contributed by atoms with E-state index in [0.29, 0.717) is 10.7 Å². The van der Waals surface area contributed by atoms with E-state index in [-0.39, 0.29) is 17.9 Å². The molecule has 1 aromatic carbocycles. The predicted octanol–water partition coefficient (Wildman–Crippen LogP) is 2.28. The Balaban J connectivity index is 2.20. The summed E-state index contributed by atoms with van der Waals surface area (Å²) in [6, 6.07) is 2.92. The molecule has 0 aliphatic carbocycles. The zero-order chi connectivity index (χ0) is 14.9. The van der Waals surface area contributed by atoms with Crippen LogP contribution in [0.5, 0.6) is 0 Å². The van der Waals surface area contributed by atoms with Crippen LogP contribution in [0.25, 0.3) is 0 Å². The molecule has 3 amide bonds. The quantitative estimate of drug-likeness (QED) is 0.834. The lowest BCUT2D eigenvalue weighted by molar-refractivity contribution is -0.137. The minimum absolute atomic E-state index is 0.0394. The van der Waals surface area contributed by atoms with Gasteiger partial charge in [-0.25, -0.2) is 9.69 Å². The molecule has 1 saturated heterocycles. The number of carbonyl (C=O) groups is 3. The highest BCUT2D eigenvalue weighted by molar-refractivity contribution is 6.42. The molecule has 106 valence electrons. The Hall–Kier alpha value is -1.79. The fourth-order valence-corrected chi connectivity index (χ4v) is 2.16. The molecule has 0 radical (unpaired) electrons. The van der Waals surface area contributed by atoms with Crippen LogP contribution in [0.3, 0.4) is 0 Å². The van der Waals surface area contributed by atoms with Crippen molar-refractivity contribution in [3.05, 3.63) is 28.2 Å². The second-order valence-corrected chi connectivity index (χ2v) is 5.02. The summed E-state index contributed by atoms with van der Waals surface area (Å²) in [6.45, 7) is 0. The van der Waals surface area contributed by atoms with E-state index in [1.54, 1.807) is 0 Å². The van der Waals surface area contributed by atoms with Crippen molar-refractivity contribution >= 4 is 46.8 Å². The lowest BCUT2D eigenvalue weighted by atomic mass is 10.1. The summed E-state index contributed by atoms with van der Waals surface area (Å²) >= 11 is 11.6. The van der Waals surface area contributed by atoms with Gasteiger partial charge in [0.05, 0.1) is 15.7 Å². The van der Waals surface area contributed by atoms with Gasteiger partial charge in [-0.15, -0.1) is 0 Å². The zero-order valence-electron chi connectivity index (χ0n) is 10.1. The molecule has 1 atom stereocenters. The molecule has 1 aromatic rings. The Morgan fingerprint density at radius 2 is 2.00 bits per heavy atom. The number of nitrogens with one attached hydrogen (secondary N) is 1. The molecule has 0 saturated carbocycles. The van der Waals surface area contributed by atoms with Crippen LogP contribution in [-0.2, 0) is 9.59 Å². The SMILES string of the molecule is O=C(O)CCC1NC(=O)N(c2ccc(Cl)c(Cl)c2)C1=O. The van der Waals surface area contributed by atoms with Gasteiger partial charge in [-0.1, -0.05) is 23.2 Å². The number of imide groups is 1. The van der Waals surface area contributed by atoms with Crippen molar-refractivity contribution in [2.24, 2.45) is 0 Å². The lowest BCUT2D eigenvalue weighted by Gasteiger charge is -2.13. The highest BCUT2D eigenvalue weighted by atomic mass is 35.5. The number of aliphatic carboxylic acids is 1. The van der Waals surface area contributed by atoms with E-state index in [9.17, 15) is 14.4 Å². The Kier molecular flexibility index (Phi) is 4.15. The number of benzene rings is 1. The molecule has 1 aliphatic heterocycles. The summed E-state index contributed by atoms with van der Waals surface area (Å²) in [5.74, 6) is -1.53. The summed E-state index contributed by atoms with van der Waals surface area (Å²) in [7, 11) is 0. The van der Waals surface area contributed by atoms with Crippen LogP contribution in [0.4, 0.5) is 10.5 Å². The van der Waals surface area contributed by atoms with Gasteiger partial charge in [0.25, 0.3) is 5.91 Å². The molecule has 6 nitrogen and oxygen atoms in total. The van der Waals surface area contributed by atoms with E-state index in [1.807, 2.05) is 0 Å². The van der Waals surface area contributed by atoms with Gasteiger partial charge in [-0.3, -0.25) is 9.59 Å². The molecule has 0 aromatic heterocycles. The lowest BCUT2D eigenvalue weighted by Crippen LogP contribution is -2.31. The molecule has 1 unspecified atom stereocenters. The normalized spacial score (nSPS) is 18.3. The minimum Gasteiger partial charge on any atom is -0.481 e. The van der Waals surface area contributed by atoms with Crippen molar-refractivity contribution in [3.8, 4) is 0 Å². The van der Waals surface area contributed by atoms with E-state index >= 15 is 0 Å². The number of hydrogen-bond donors (Lipinski definition) is 2. The maximum atomic E-state index is 12.1. The second kappa shape index (κ2) is 5.68. The molecular formula is C12H10Cl2N2O4. The predicted molar refractivity (Wildman–Crippen MR) is 73.1 cm³/mol. The Labute approximate surface area is 124 Å². The number of amides is 3. The van der Waals surface area contributed by atoms with Gasteiger partial charge >= 0.3 is 12.0 Å². The van der Waals surface area contributed by atoms with E-state index in [0.717, 1.165) is 4.90 Å². The highest BCUT2D eigenvalue weighted by Crippen LogP contribution is 2.29. The van der Waals surface area contributed by atoms with E-state index in [2.05, 4.69) is 5.32 Å². The van der Waals surface area contributed by atoms with Gasteiger partial charge in [0.1, 0.15) is 6.04 Å². The topological polar surface area (TPSA) is 86.7 Å². The van der Waals surface area contributed by atoms with Gasteiger partial charge in [-0.05, 0) is 24.6 Å². The largest absolute Gasteiger partial charge is 0.481 e. The Bertz CT molecular complexity index is 591. The summed E-state index contributed by atoms with van der Waals surface area (Å²) < 4.78 is 0. The molecule has 20 heavy (non-hydrogen) atoms. The van der Waals surface area contributed by atoms with Gasteiger partial charge in [-0.2, -0.15) is 0 Å². The van der Waals surface area contributed by atoms with Gasteiger partial charge in [0, 0.05) is 6.42 Å². The van der Waals surface area contributed by atoms with Crippen LogP contribution in [0.2, 0.25) is 10.0 Å². The third-order valence-electron chi connectivity index (χ3n) is 2.83. The summed E-state index contributed by atoms with van der Waals surface area (Å²) in [4.78, 5) is 35.3. The first-order chi connectivity index (χ1) is 9.40. The average molecular weight is 317 g/mol. The fourth-order valence-electron chi connectivity index (χ4n) is 1.86. The maximum Gasteiger partial charge on any atom is 0.329 e. The van der Waals surface area contributed by atoms with Crippen molar-refractivity contribution in [1.82, 2.24) is 5.32 Å². The molecule has 2 N–H and O–H groups in total. The van der Waals surface area contributed by atoms with Crippen molar-refractivity contribution < 1.29 is 19.5 Å². The number of halogens is 2. The van der Waals surface area contributed by atoms with Crippen LogP contribution in [0.1, 0.15) is 12.8 Å². The van der Waals surface area contributed by atoms with Crippen LogP contribution < -0.4 is 10.2 Å². The number of rotatable bonds is 4. The third-order valence-corrected chi connectivity index (χ3v) is 3.57. The number of carboxylic acids is 1. The number of carbonyl (C=O) groups excluding carboxylic acids is 2. The van der Waals surface area contributed by atoms with Gasteiger partial charge in [0.2, 0.25) is 0 Å². The first-order valence-electron chi connectivity index (χ1n) is 5.71. The Morgan fingerprint density at radius 1 is 1.30 bits per heavy atom. The first kappa shape index (κ1) is 14.6. The van der Waals surface area contributed by atoms with Crippen LogP contribution in [0, 0.1) is 0 Å². The Morgan fingerprint density at radius 3 is 2.60 bits per heavy atom. The molecule has 1 aliphatic rings. The number of nitrogens with zero attached hydrogens (tertiary/aromatic N) is 1. The van der Waals surface area contributed by atoms with E-state index in [4.69, 9.17) is 28.3 Å². The zero-order valence-corrected chi connectivity index (χ0v) is 11.6. The average Bonchev–Trinajstić information content (AvgIpc) is 2.65. The molecular weight excluding hydrogens is 307 g/mol. The number of carboxylic acid groups (broad SMARTS) is 1. The number of urea groups is 1. The fraction of sp³-hybridized carbons (Fsp3) is 0.250. The van der Waals surface area contributed by atoms with Crippen molar-refractivity contribution in [2.45, 2.75) is 18.9 Å². The molecule has 1 fully saturated rings. The van der Waals surface area contributed by atoms with Gasteiger partial charge in [0.15, 0.2) is 0 Å². The smallest absolute Gasteiger partial charge is 0.329 e. The van der Waals surface area contributed by atoms with Crippen LogP contribution >= 0.6 is 23.2 Å². The first-order valence-corrected chi connectivity index (χ1v) is 6.47. The van der Waals surface area contributed by atoms with E-state index in [1.165, 1.54) is 18.2 Å². The molecule has 0 bridgehead atoms. The van der Waals surface area contributed by atoms with Crippen molar-refractivity contribution in [3.63, 3.8) is 0 Å². The molecule has 8 heteroatoms. The monoisotopic (exact) mass is 316 g/mol. The summed E-state index contributed by atoms with van der Waals surface area (Å²) in [5, 5.41) is 11.6.